The van der Waals surface area contributed by atoms with Crippen molar-refractivity contribution in [2.75, 3.05) is 18.4 Å². The molecule has 1 aliphatic heterocycles. The van der Waals surface area contributed by atoms with Crippen molar-refractivity contribution in [3.05, 3.63) is 17.5 Å². The van der Waals surface area contributed by atoms with Crippen LogP contribution in [0.15, 0.2) is 6.20 Å². The first-order valence-corrected chi connectivity index (χ1v) is 5.53. The van der Waals surface area contributed by atoms with Gasteiger partial charge in [0.15, 0.2) is 0 Å². The topological polar surface area (TPSA) is 49.8 Å². The summed E-state index contributed by atoms with van der Waals surface area (Å²) in [6.07, 6.45) is 4.30. The van der Waals surface area contributed by atoms with Crippen LogP contribution in [0.5, 0.6) is 0 Å². The number of hydrogen-bond acceptors (Lipinski definition) is 4. The molecule has 0 spiro atoms. The van der Waals surface area contributed by atoms with Crippen LogP contribution >= 0.6 is 0 Å². The fraction of sp³-hybridized carbons (Fsp3) is 0.636. The monoisotopic (exact) mass is 206 g/mol. The maximum atomic E-state index is 4.42. The Morgan fingerprint density at radius 3 is 3.00 bits per heavy atom. The zero-order valence-electron chi connectivity index (χ0n) is 9.38. The average molecular weight is 206 g/mol. The van der Waals surface area contributed by atoms with Crippen molar-refractivity contribution in [3.8, 4) is 0 Å². The molecule has 1 aromatic rings. The molecule has 0 radical (unpaired) electrons. The van der Waals surface area contributed by atoms with Crippen molar-refractivity contribution in [2.24, 2.45) is 0 Å². The summed E-state index contributed by atoms with van der Waals surface area (Å²) >= 11 is 0. The van der Waals surface area contributed by atoms with Crippen molar-refractivity contribution in [2.45, 2.75) is 32.7 Å². The molecule has 0 saturated carbocycles. The Morgan fingerprint density at radius 2 is 2.33 bits per heavy atom. The van der Waals surface area contributed by atoms with E-state index in [9.17, 15) is 0 Å². The number of aryl methyl sites for hydroxylation is 2. The van der Waals surface area contributed by atoms with Crippen molar-refractivity contribution in [1.82, 2.24) is 15.3 Å². The zero-order valence-corrected chi connectivity index (χ0v) is 9.38. The maximum Gasteiger partial charge on any atom is 0.223 e. The molecule has 1 atom stereocenters. The predicted molar refractivity (Wildman–Crippen MR) is 61.0 cm³/mol. The Morgan fingerprint density at radius 1 is 1.47 bits per heavy atom. The number of hydrogen-bond donors (Lipinski definition) is 2. The van der Waals surface area contributed by atoms with Crippen molar-refractivity contribution in [3.63, 3.8) is 0 Å². The van der Waals surface area contributed by atoms with E-state index in [1.165, 1.54) is 12.8 Å². The quantitative estimate of drug-likeness (QED) is 0.765. The Labute approximate surface area is 90.5 Å². The summed E-state index contributed by atoms with van der Waals surface area (Å²) in [6.45, 7) is 6.19. The molecule has 0 aliphatic carbocycles. The Balaban J connectivity index is 2.00. The first-order valence-electron chi connectivity index (χ1n) is 5.53. The number of anilines is 1. The van der Waals surface area contributed by atoms with E-state index in [0.717, 1.165) is 30.3 Å². The summed E-state index contributed by atoms with van der Waals surface area (Å²) in [5.74, 6) is 0.756. The van der Waals surface area contributed by atoms with E-state index in [1.54, 1.807) is 0 Å². The molecule has 0 bridgehead atoms. The van der Waals surface area contributed by atoms with Crippen LogP contribution < -0.4 is 10.6 Å². The van der Waals surface area contributed by atoms with Crippen LogP contribution in [-0.4, -0.2) is 29.1 Å². The maximum absolute atomic E-state index is 4.42. The lowest BCUT2D eigenvalue weighted by atomic mass is 10.1. The second-order valence-electron chi connectivity index (χ2n) is 4.15. The minimum Gasteiger partial charge on any atom is -0.350 e. The molecular formula is C11H18N4. The fourth-order valence-electron chi connectivity index (χ4n) is 1.75. The molecule has 0 aromatic carbocycles. The van der Waals surface area contributed by atoms with Gasteiger partial charge in [-0.15, -0.1) is 0 Å². The molecule has 4 nitrogen and oxygen atoms in total. The summed E-state index contributed by atoms with van der Waals surface area (Å²) in [5, 5.41) is 6.73. The molecule has 1 aromatic heterocycles. The zero-order chi connectivity index (χ0) is 10.7. The fourth-order valence-corrected chi connectivity index (χ4v) is 1.75. The second kappa shape index (κ2) is 4.57. The van der Waals surface area contributed by atoms with Gasteiger partial charge in [0.25, 0.3) is 0 Å². The number of aromatic nitrogens is 2. The van der Waals surface area contributed by atoms with Gasteiger partial charge in [-0.3, -0.25) is 0 Å². The van der Waals surface area contributed by atoms with E-state index in [4.69, 9.17) is 0 Å². The van der Waals surface area contributed by atoms with Gasteiger partial charge < -0.3 is 10.6 Å². The summed E-state index contributed by atoms with van der Waals surface area (Å²) in [5.41, 5.74) is 2.19. The number of nitrogens with zero attached hydrogens (tertiary/aromatic N) is 2. The number of nitrogens with one attached hydrogen (secondary N) is 2. The van der Waals surface area contributed by atoms with Crippen molar-refractivity contribution < 1.29 is 0 Å². The third-order valence-corrected chi connectivity index (χ3v) is 2.85. The molecule has 2 heterocycles. The Kier molecular flexibility index (Phi) is 3.16. The first-order chi connectivity index (χ1) is 7.25. The van der Waals surface area contributed by atoms with E-state index in [-0.39, 0.29) is 0 Å². The minimum atomic E-state index is 0.473. The number of rotatable bonds is 2. The van der Waals surface area contributed by atoms with Crippen molar-refractivity contribution in [1.29, 1.82) is 0 Å². The third-order valence-electron chi connectivity index (χ3n) is 2.85. The molecule has 1 saturated heterocycles. The van der Waals surface area contributed by atoms with Gasteiger partial charge in [-0.25, -0.2) is 9.97 Å². The molecule has 4 heteroatoms. The molecule has 1 unspecified atom stereocenters. The van der Waals surface area contributed by atoms with Gasteiger partial charge in [0.1, 0.15) is 0 Å². The average Bonchev–Trinajstić information content (AvgIpc) is 2.25. The molecule has 15 heavy (non-hydrogen) atoms. The molecule has 1 fully saturated rings. The highest BCUT2D eigenvalue weighted by atomic mass is 15.1. The van der Waals surface area contributed by atoms with E-state index >= 15 is 0 Å². The van der Waals surface area contributed by atoms with Gasteiger partial charge >= 0.3 is 0 Å². The standard InChI is InChI=1S/C11H18N4/c1-8-6-13-11(14-9(8)2)15-10-4-3-5-12-7-10/h6,10,12H,3-5,7H2,1-2H3,(H,13,14,15). The lowest BCUT2D eigenvalue weighted by molar-refractivity contribution is 0.478. The highest BCUT2D eigenvalue weighted by molar-refractivity contribution is 5.29. The van der Waals surface area contributed by atoms with Crippen LogP contribution in [0.3, 0.4) is 0 Å². The first kappa shape index (κ1) is 10.4. The van der Waals surface area contributed by atoms with Gasteiger partial charge in [0.05, 0.1) is 0 Å². The van der Waals surface area contributed by atoms with Crippen LogP contribution in [0.25, 0.3) is 0 Å². The van der Waals surface area contributed by atoms with Crippen LogP contribution in [0.4, 0.5) is 5.95 Å². The summed E-state index contributed by atoms with van der Waals surface area (Å²) in [6, 6.07) is 0.473. The van der Waals surface area contributed by atoms with Gasteiger partial charge in [-0.2, -0.15) is 0 Å². The summed E-state index contributed by atoms with van der Waals surface area (Å²) in [7, 11) is 0. The largest absolute Gasteiger partial charge is 0.350 e. The predicted octanol–water partition coefficient (Wildman–Crippen LogP) is 1.26. The Bertz CT molecular complexity index is 331. The van der Waals surface area contributed by atoms with Crippen LogP contribution in [0, 0.1) is 13.8 Å². The normalized spacial score (nSPS) is 21.3. The van der Waals surface area contributed by atoms with Gasteiger partial charge in [0.2, 0.25) is 5.95 Å². The summed E-state index contributed by atoms with van der Waals surface area (Å²) < 4.78 is 0. The molecule has 2 rings (SSSR count). The van der Waals surface area contributed by atoms with Crippen LogP contribution in [0.2, 0.25) is 0 Å². The minimum absolute atomic E-state index is 0.473. The highest BCUT2D eigenvalue weighted by Crippen LogP contribution is 2.09. The smallest absolute Gasteiger partial charge is 0.223 e. The van der Waals surface area contributed by atoms with Crippen LogP contribution in [-0.2, 0) is 0 Å². The number of piperidine rings is 1. The van der Waals surface area contributed by atoms with Crippen molar-refractivity contribution >= 4 is 5.95 Å². The van der Waals surface area contributed by atoms with E-state index in [1.807, 2.05) is 20.0 Å². The highest BCUT2D eigenvalue weighted by Gasteiger charge is 2.13. The lowest BCUT2D eigenvalue weighted by Crippen LogP contribution is -2.38. The van der Waals surface area contributed by atoms with Crippen LogP contribution in [0.1, 0.15) is 24.1 Å². The molecular weight excluding hydrogens is 188 g/mol. The van der Waals surface area contributed by atoms with E-state index in [2.05, 4.69) is 20.6 Å². The third kappa shape index (κ3) is 2.65. The molecule has 2 N–H and O–H groups in total. The second-order valence-corrected chi connectivity index (χ2v) is 4.15. The van der Waals surface area contributed by atoms with Gasteiger partial charge in [-0.1, -0.05) is 0 Å². The van der Waals surface area contributed by atoms with Gasteiger partial charge in [-0.05, 0) is 38.8 Å². The molecule has 82 valence electrons. The Hall–Kier alpha value is -1.16. The summed E-state index contributed by atoms with van der Waals surface area (Å²) in [4.78, 5) is 8.70. The molecule has 0 amide bonds. The lowest BCUT2D eigenvalue weighted by Gasteiger charge is -2.23. The molecule has 1 aliphatic rings. The van der Waals surface area contributed by atoms with Gasteiger partial charge in [0, 0.05) is 24.5 Å². The van der Waals surface area contributed by atoms with E-state index in [0.29, 0.717) is 6.04 Å². The van der Waals surface area contributed by atoms with E-state index < -0.39 is 0 Å². The SMILES string of the molecule is Cc1cnc(NC2CCCNC2)nc1C.